The van der Waals surface area contributed by atoms with Crippen molar-refractivity contribution < 1.29 is 5.11 Å². The Morgan fingerprint density at radius 1 is 0.947 bits per heavy atom. The molecule has 0 atom stereocenters. The van der Waals surface area contributed by atoms with E-state index in [1.807, 2.05) is 0 Å². The molecule has 0 radical (unpaired) electrons. The van der Waals surface area contributed by atoms with Crippen molar-refractivity contribution in [3.05, 3.63) is 70.8 Å². The molecule has 2 nitrogen and oxygen atoms in total. The number of hydrogen-bond donors (Lipinski definition) is 2. The summed E-state index contributed by atoms with van der Waals surface area (Å²) in [5.41, 5.74) is 5.56. The molecule has 0 bridgehead atoms. The lowest BCUT2D eigenvalue weighted by Crippen LogP contribution is -2.28. The molecule has 2 N–H and O–H groups in total. The highest BCUT2D eigenvalue weighted by molar-refractivity contribution is 5.48. The zero-order chi connectivity index (χ0) is 13.1. The average molecular weight is 253 g/mol. The maximum Gasteiger partial charge on any atom is 0.0582 e. The molecule has 2 heteroatoms. The summed E-state index contributed by atoms with van der Waals surface area (Å²) in [6.07, 6.45) is 1.81. The van der Waals surface area contributed by atoms with Crippen molar-refractivity contribution >= 4 is 0 Å². The molecule has 0 spiro atoms. The van der Waals surface area contributed by atoms with Crippen molar-refractivity contribution in [2.24, 2.45) is 0 Å². The Morgan fingerprint density at radius 2 is 1.53 bits per heavy atom. The van der Waals surface area contributed by atoms with Crippen molar-refractivity contribution in [3.8, 4) is 0 Å². The summed E-state index contributed by atoms with van der Waals surface area (Å²) in [6.45, 7) is 1.08. The van der Waals surface area contributed by atoms with Gasteiger partial charge in [-0.2, -0.15) is 0 Å². The van der Waals surface area contributed by atoms with Crippen LogP contribution in [0.5, 0.6) is 0 Å². The zero-order valence-corrected chi connectivity index (χ0v) is 11.0. The molecule has 1 aliphatic rings. The fraction of sp³-hybridized carbons (Fsp3) is 0.294. The van der Waals surface area contributed by atoms with Crippen LogP contribution in [0.1, 0.15) is 34.7 Å². The van der Waals surface area contributed by atoms with Gasteiger partial charge in [-0.1, -0.05) is 48.5 Å². The van der Waals surface area contributed by atoms with E-state index in [0.29, 0.717) is 0 Å². The summed E-state index contributed by atoms with van der Waals surface area (Å²) in [4.78, 5) is 0. The van der Waals surface area contributed by atoms with E-state index >= 15 is 0 Å². The molecule has 0 aromatic heterocycles. The van der Waals surface area contributed by atoms with Crippen LogP contribution >= 0.6 is 0 Å². The monoisotopic (exact) mass is 253 g/mol. The summed E-state index contributed by atoms with van der Waals surface area (Å²) in [5, 5.41) is 12.5. The molecule has 0 aliphatic heterocycles. The molecule has 98 valence electrons. The minimum absolute atomic E-state index is 0.239. The van der Waals surface area contributed by atoms with Crippen molar-refractivity contribution in [3.63, 3.8) is 0 Å². The third kappa shape index (κ3) is 2.42. The summed E-state index contributed by atoms with van der Waals surface area (Å²) < 4.78 is 0. The van der Waals surface area contributed by atoms with Crippen molar-refractivity contribution in [1.29, 1.82) is 0 Å². The third-order valence-electron chi connectivity index (χ3n) is 3.80. The van der Waals surface area contributed by atoms with E-state index in [-0.39, 0.29) is 12.6 Å². The first-order valence-electron chi connectivity index (χ1n) is 6.90. The maximum atomic E-state index is 8.95. The number of hydrogen-bond acceptors (Lipinski definition) is 2. The Bertz CT molecular complexity index is 519. The quantitative estimate of drug-likeness (QED) is 0.821. The van der Waals surface area contributed by atoms with Gasteiger partial charge in [-0.15, -0.1) is 0 Å². The fourth-order valence-electron chi connectivity index (χ4n) is 2.87. The highest BCUT2D eigenvalue weighted by atomic mass is 16.3. The van der Waals surface area contributed by atoms with Crippen LogP contribution in [0.25, 0.3) is 0 Å². The Kier molecular flexibility index (Phi) is 3.62. The van der Waals surface area contributed by atoms with Crippen LogP contribution in [0.4, 0.5) is 0 Å². The largest absolute Gasteiger partial charge is 0.396 e. The Balaban J connectivity index is 1.96. The van der Waals surface area contributed by atoms with E-state index in [2.05, 4.69) is 53.8 Å². The number of rotatable bonds is 4. The molecule has 0 heterocycles. The lowest BCUT2D eigenvalue weighted by Gasteiger charge is -2.29. The van der Waals surface area contributed by atoms with Crippen LogP contribution in [0.15, 0.2) is 48.5 Å². The van der Waals surface area contributed by atoms with Crippen LogP contribution in [0.2, 0.25) is 0 Å². The first-order valence-corrected chi connectivity index (χ1v) is 6.90. The van der Waals surface area contributed by atoms with Gasteiger partial charge in [0.2, 0.25) is 0 Å². The Hall–Kier alpha value is -1.64. The van der Waals surface area contributed by atoms with Crippen LogP contribution in [0, 0.1) is 0 Å². The second kappa shape index (κ2) is 5.55. The van der Waals surface area contributed by atoms with E-state index < -0.39 is 0 Å². The van der Waals surface area contributed by atoms with Crippen molar-refractivity contribution in [2.75, 3.05) is 13.2 Å². The molecule has 0 saturated carbocycles. The standard InChI is InChI=1S/C17H19NO/c19-11-5-10-18-17-15-8-3-1-6-13(15)12-14-7-2-4-9-16(14)17/h1-4,6-9,17-19H,5,10-12H2. The fourth-order valence-corrected chi connectivity index (χ4v) is 2.87. The lowest BCUT2D eigenvalue weighted by molar-refractivity contribution is 0.284. The number of aliphatic hydroxyl groups is 1. The predicted octanol–water partition coefficient (Wildman–Crippen LogP) is 2.65. The van der Waals surface area contributed by atoms with E-state index in [4.69, 9.17) is 5.11 Å². The van der Waals surface area contributed by atoms with Crippen LogP contribution in [0.3, 0.4) is 0 Å². The predicted molar refractivity (Wildman–Crippen MR) is 77.2 cm³/mol. The number of benzene rings is 2. The van der Waals surface area contributed by atoms with Crippen LogP contribution in [-0.4, -0.2) is 18.3 Å². The molecule has 0 amide bonds. The average Bonchev–Trinajstić information content (AvgIpc) is 2.46. The molecule has 0 fully saturated rings. The van der Waals surface area contributed by atoms with Gasteiger partial charge in [-0.05, 0) is 41.6 Å². The molecule has 2 aromatic carbocycles. The zero-order valence-electron chi connectivity index (χ0n) is 11.0. The Morgan fingerprint density at radius 3 is 2.11 bits per heavy atom. The van der Waals surface area contributed by atoms with E-state index in [0.717, 1.165) is 19.4 Å². The Labute approximate surface area is 114 Å². The minimum Gasteiger partial charge on any atom is -0.396 e. The van der Waals surface area contributed by atoms with Gasteiger partial charge >= 0.3 is 0 Å². The second-order valence-electron chi connectivity index (χ2n) is 5.04. The molecule has 2 aromatic rings. The van der Waals surface area contributed by atoms with E-state index in [1.54, 1.807) is 0 Å². The van der Waals surface area contributed by atoms with Gasteiger partial charge in [0.1, 0.15) is 0 Å². The summed E-state index contributed by atoms with van der Waals surface area (Å²) >= 11 is 0. The van der Waals surface area contributed by atoms with Gasteiger partial charge in [0.25, 0.3) is 0 Å². The minimum atomic E-state index is 0.239. The van der Waals surface area contributed by atoms with Gasteiger partial charge in [0.15, 0.2) is 0 Å². The topological polar surface area (TPSA) is 32.3 Å². The molecule has 0 saturated heterocycles. The normalized spacial score (nSPS) is 13.9. The number of nitrogens with one attached hydrogen (secondary N) is 1. The van der Waals surface area contributed by atoms with Gasteiger partial charge in [-0.3, -0.25) is 0 Å². The first kappa shape index (κ1) is 12.4. The number of fused-ring (bicyclic) bond motifs is 2. The molecule has 19 heavy (non-hydrogen) atoms. The van der Waals surface area contributed by atoms with Crippen molar-refractivity contribution in [1.82, 2.24) is 5.32 Å². The molecular weight excluding hydrogens is 234 g/mol. The highest BCUT2D eigenvalue weighted by Gasteiger charge is 2.23. The molecule has 3 rings (SSSR count). The third-order valence-corrected chi connectivity index (χ3v) is 3.80. The van der Waals surface area contributed by atoms with E-state index in [9.17, 15) is 0 Å². The van der Waals surface area contributed by atoms with E-state index in [1.165, 1.54) is 22.3 Å². The highest BCUT2D eigenvalue weighted by Crippen LogP contribution is 2.34. The molecule has 1 aliphatic carbocycles. The SMILES string of the molecule is OCCCNC1c2ccccc2Cc2ccccc21. The van der Waals surface area contributed by atoms with Crippen molar-refractivity contribution in [2.45, 2.75) is 18.9 Å². The smallest absolute Gasteiger partial charge is 0.0582 e. The molecule has 0 unspecified atom stereocenters. The summed E-state index contributed by atoms with van der Waals surface area (Å²) in [6, 6.07) is 17.5. The summed E-state index contributed by atoms with van der Waals surface area (Å²) in [7, 11) is 0. The van der Waals surface area contributed by atoms with Gasteiger partial charge in [0, 0.05) is 6.61 Å². The van der Waals surface area contributed by atoms with Gasteiger partial charge in [-0.25, -0.2) is 0 Å². The summed E-state index contributed by atoms with van der Waals surface area (Å²) in [5.74, 6) is 0. The van der Waals surface area contributed by atoms with Gasteiger partial charge < -0.3 is 10.4 Å². The second-order valence-corrected chi connectivity index (χ2v) is 5.04. The maximum absolute atomic E-state index is 8.95. The van der Waals surface area contributed by atoms with Crippen LogP contribution in [-0.2, 0) is 6.42 Å². The van der Waals surface area contributed by atoms with Crippen LogP contribution < -0.4 is 5.32 Å². The first-order chi connectivity index (χ1) is 9.40. The number of aliphatic hydroxyl groups excluding tert-OH is 1. The lowest BCUT2D eigenvalue weighted by atomic mass is 9.82. The van der Waals surface area contributed by atoms with Gasteiger partial charge in [0.05, 0.1) is 6.04 Å². The molecular formula is C17H19NO.